The summed E-state index contributed by atoms with van der Waals surface area (Å²) >= 11 is 0. The van der Waals surface area contributed by atoms with Crippen LogP contribution in [0.15, 0.2) is 188 Å². The Morgan fingerprint density at radius 3 is 1.08 bits per heavy atom. The molecule has 3 saturated carbocycles. The van der Waals surface area contributed by atoms with Crippen molar-refractivity contribution in [2.75, 3.05) is 56.7 Å². The number of hydrogen-bond donors (Lipinski definition) is 9. The Labute approximate surface area is 814 Å². The Morgan fingerprint density at radius 1 is 0.424 bits per heavy atom. The first kappa shape index (κ1) is 106. The van der Waals surface area contributed by atoms with E-state index in [2.05, 4.69) is 70.7 Å². The monoisotopic (exact) mass is 2020 g/mol. The van der Waals surface area contributed by atoms with Gasteiger partial charge in [-0.3, -0.25) is 28.8 Å². The molecule has 0 radical (unpaired) electrons. The maximum atomic E-state index is 14.9. The number of aromatic nitrogens is 6. The molecule has 5 aromatic carbocycles. The number of amides is 7. The Hall–Kier alpha value is -14.2. The molecule has 0 unspecified atom stereocenters. The van der Waals surface area contributed by atoms with Crippen LogP contribution in [0.1, 0.15) is 141 Å². The fraction of sp³-hybridized carbons (Fsp3) is 0.410. The molecule has 3 aliphatic carbocycles. The molecule has 9 N–H and O–H groups in total. The number of carbonyl (C=O) groups is 8. The lowest BCUT2D eigenvalue weighted by Crippen LogP contribution is -2.54. The lowest BCUT2D eigenvalue weighted by atomic mass is 9.67. The van der Waals surface area contributed by atoms with Crippen molar-refractivity contribution < 1.29 is 133 Å². The summed E-state index contributed by atoms with van der Waals surface area (Å²) in [6, 6.07) is 46.6. The summed E-state index contributed by atoms with van der Waals surface area (Å²) < 4.78 is 225. The maximum Gasteiger partial charge on any atom is 0.410 e. The van der Waals surface area contributed by atoms with Crippen LogP contribution in [0.5, 0.6) is 17.2 Å². The smallest absolute Gasteiger partial charge is 0.410 e. The van der Waals surface area contributed by atoms with Gasteiger partial charge in [-0.25, -0.2) is 64.1 Å². The molecule has 6 atom stereocenters. The minimum Gasteiger partial charge on any atom is -0.481 e. The van der Waals surface area contributed by atoms with Crippen LogP contribution in [0.4, 0.5) is 92.9 Å². The van der Waals surface area contributed by atoms with Crippen molar-refractivity contribution in [1.82, 2.24) is 60.1 Å². The van der Waals surface area contributed by atoms with E-state index in [0.29, 0.717) is 57.8 Å². The zero-order chi connectivity index (χ0) is 103. The average molecular weight is 2020 g/mol. The number of alkyl halides is 15. The van der Waals surface area contributed by atoms with Crippen LogP contribution in [-0.4, -0.2) is 217 Å². The molecule has 6 aliphatic rings. The van der Waals surface area contributed by atoms with Crippen molar-refractivity contribution in [3.05, 3.63) is 233 Å². The summed E-state index contributed by atoms with van der Waals surface area (Å²) in [5, 5.41) is 23.4. The first-order valence-electron chi connectivity index (χ1n) is 46.2. The molecule has 7 amide bonds. The average Bonchev–Trinajstić information content (AvgIpc) is 1.29. The number of nitrogens with one attached hydrogen (secondary N) is 8. The quantitative estimate of drug-likeness (QED) is 0.0206. The topological polar surface area (TPSA) is 362 Å². The van der Waals surface area contributed by atoms with E-state index in [4.69, 9.17) is 9.47 Å². The third-order valence-electron chi connectivity index (χ3n) is 26.2. The van der Waals surface area contributed by atoms with Gasteiger partial charge in [-0.05, 0) is 164 Å². The number of pyridine rings is 3. The Morgan fingerprint density at radius 2 is 0.750 bits per heavy atom. The zero-order valence-electron chi connectivity index (χ0n) is 77.9. The normalized spacial score (nSPS) is 20.0. The van der Waals surface area contributed by atoms with E-state index in [-0.39, 0.29) is 131 Å². The van der Waals surface area contributed by atoms with Crippen LogP contribution in [0.2, 0.25) is 0 Å². The predicted molar refractivity (Wildman–Crippen MR) is 497 cm³/mol. The lowest BCUT2D eigenvalue weighted by Gasteiger charge is -2.42. The molecule has 11 aromatic rings. The molecule has 3 saturated heterocycles. The van der Waals surface area contributed by atoms with Gasteiger partial charge in [-0.2, -0.15) is 26.3 Å². The van der Waals surface area contributed by atoms with Crippen LogP contribution in [0.3, 0.4) is 0 Å². The molecule has 44 heteroatoms. The number of fused-ring (bicyclic) bond motifs is 3. The molecule has 768 valence electrons. The molecular formula is C100H104F15N15O14. The Kier molecular flexibility index (Phi) is 33.4. The van der Waals surface area contributed by atoms with Crippen LogP contribution in [-0.2, 0) is 87.3 Å². The summed E-state index contributed by atoms with van der Waals surface area (Å²) in [5.41, 5.74) is 4.49. The second kappa shape index (κ2) is 45.6. The summed E-state index contributed by atoms with van der Waals surface area (Å²) in [7, 11) is 5.05. The highest BCUT2D eigenvalue weighted by Gasteiger charge is 2.56. The number of hydrogen-bond acceptors (Lipinski definition) is 18. The standard InChI is InChI=1S/C36H36F5N5O5.C28H30F5N5O3.C22H24FN5O3.C14H14F4O3/c1-45(34(49)50-21-22-5-3-2-4-6-22)20-25-18-28-27(42-25)11-12-30(43-28)44-31(47)29-17-24(37)19-46(29)32(48)35(13-15-36(40,41)16-14-35)23-7-9-26(10-8-23)51-33(38)39;1-34-14-18-13-21-20(35-18)6-7-23(36-21)37-24(39)22-12-17(29)15-38(22)25(40)27(8-10-28(32,33)11-9-27)16-2-4-19(5-3-16)41-26(30)31;1-28(22(30)31-13-14-5-3-2-4-6-14)12-16-10-18-17(25-16)7-8-20(26-18)27-21(29)19-9-15(23)11-24-19;15-12(16)21-10-3-1-9(2-4-10)13(11(19)20)5-7-14(17,18)8-6-13/h2-12,18,24,29,33,42H,13-17,19-21H2,1H3,(H,43,44,47);2-7,13,17,22,26,34-35H,8-12,14-15H2,1H3,(H,36,37,39);2-8,10,15,19,24-25H,9,11-13H2,1H3,(H,26,27,29);1-4,12H,5-8H2,(H,19,20)/t24-,29-;17-,22-;15-,19-;/m111./s1. The molecule has 0 bridgehead atoms. The van der Waals surface area contributed by atoms with Gasteiger partial charge >= 0.3 is 38.0 Å². The number of likely N-dealkylation sites (tertiary alicyclic amines) is 2. The zero-order valence-corrected chi connectivity index (χ0v) is 77.9. The van der Waals surface area contributed by atoms with Crippen molar-refractivity contribution in [1.29, 1.82) is 0 Å². The van der Waals surface area contributed by atoms with Gasteiger partial charge in [0.05, 0.1) is 81.6 Å². The van der Waals surface area contributed by atoms with Gasteiger partial charge in [-0.15, -0.1) is 0 Å². The summed E-state index contributed by atoms with van der Waals surface area (Å²) in [5.74, 6) is -12.7. The number of carboxylic acid groups (broad SMARTS) is 1. The molecule has 9 heterocycles. The highest BCUT2D eigenvalue weighted by atomic mass is 19.3. The van der Waals surface area contributed by atoms with Gasteiger partial charge in [0.15, 0.2) is 0 Å². The molecule has 3 aliphatic heterocycles. The van der Waals surface area contributed by atoms with Crippen molar-refractivity contribution in [3.8, 4) is 17.2 Å². The van der Waals surface area contributed by atoms with E-state index in [1.165, 1.54) is 88.7 Å². The predicted octanol–water partition coefficient (Wildman–Crippen LogP) is 18.7. The van der Waals surface area contributed by atoms with Crippen LogP contribution >= 0.6 is 0 Å². The van der Waals surface area contributed by atoms with E-state index < -0.39 is 177 Å². The number of carboxylic acids is 1. The number of benzene rings is 5. The van der Waals surface area contributed by atoms with Crippen molar-refractivity contribution in [2.24, 2.45) is 0 Å². The first-order chi connectivity index (χ1) is 68.5. The highest BCUT2D eigenvalue weighted by molar-refractivity contribution is 6.02. The fourth-order valence-corrected chi connectivity index (χ4v) is 18.6. The molecule has 0 spiro atoms. The molecule has 144 heavy (non-hydrogen) atoms. The number of halogens is 15. The maximum absolute atomic E-state index is 14.9. The number of rotatable bonds is 28. The number of nitrogens with zero attached hydrogens (tertiary/aromatic N) is 7. The largest absolute Gasteiger partial charge is 0.481 e. The van der Waals surface area contributed by atoms with Crippen LogP contribution < -0.4 is 40.8 Å². The van der Waals surface area contributed by atoms with E-state index in [1.807, 2.05) is 72.8 Å². The van der Waals surface area contributed by atoms with Crippen molar-refractivity contribution in [2.45, 2.75) is 220 Å². The number of carbonyl (C=O) groups excluding carboxylic acids is 7. The van der Waals surface area contributed by atoms with E-state index >= 15 is 0 Å². The van der Waals surface area contributed by atoms with Crippen molar-refractivity contribution in [3.63, 3.8) is 0 Å². The van der Waals surface area contributed by atoms with E-state index in [9.17, 15) is 109 Å². The van der Waals surface area contributed by atoms with Crippen LogP contribution in [0, 0.1) is 0 Å². The second-order valence-electron chi connectivity index (χ2n) is 36.3. The molecule has 6 aromatic heterocycles. The second-order valence-corrected chi connectivity index (χ2v) is 36.3. The van der Waals surface area contributed by atoms with Gasteiger partial charge in [0.25, 0.3) is 0 Å². The van der Waals surface area contributed by atoms with E-state index in [0.717, 1.165) is 43.3 Å². The van der Waals surface area contributed by atoms with Gasteiger partial charge in [0.2, 0.25) is 47.3 Å². The van der Waals surface area contributed by atoms with Gasteiger partial charge in [0.1, 0.15) is 78.5 Å². The molecular weight excluding hydrogens is 1920 g/mol. The molecule has 17 rings (SSSR count). The molecule has 6 fully saturated rings. The fourth-order valence-electron chi connectivity index (χ4n) is 18.6. The minimum atomic E-state index is -3.08. The summed E-state index contributed by atoms with van der Waals surface area (Å²) in [6.07, 6.45) is -10.3. The third kappa shape index (κ3) is 26.4. The molecule has 29 nitrogen and oxygen atoms in total. The van der Waals surface area contributed by atoms with Crippen molar-refractivity contribution >= 4 is 98.2 Å². The summed E-state index contributed by atoms with van der Waals surface area (Å²) in [6.45, 7) is -8.31. The third-order valence-corrected chi connectivity index (χ3v) is 26.2. The summed E-state index contributed by atoms with van der Waals surface area (Å²) in [4.78, 5) is 132. The minimum absolute atomic E-state index is 0.101. The van der Waals surface area contributed by atoms with Gasteiger partial charge in [0, 0.05) is 102 Å². The number of ether oxygens (including phenoxy) is 5. The Balaban J connectivity index is 0.000000159. The van der Waals surface area contributed by atoms with Gasteiger partial charge in [-0.1, -0.05) is 97.1 Å². The Bertz CT molecular complexity index is 6290. The number of aliphatic carboxylic acids is 1. The van der Waals surface area contributed by atoms with E-state index in [1.54, 1.807) is 57.5 Å². The number of anilines is 3. The lowest BCUT2D eigenvalue weighted by molar-refractivity contribution is -0.149. The SMILES string of the molecule is CN(Cc1cc2nc(NC(=O)[C@H]3C[C@@H](F)CN3)ccc2[nH]1)C(=O)OCc1ccccc1.CN(Cc1cc2nc(NC(=O)[C@H]3C[C@@H](F)CN3C(=O)C3(c4ccc(OC(F)F)cc4)CCC(F)(F)CC3)ccc2[nH]1)C(=O)OCc1ccccc1.CNCc1cc2nc(NC(=O)[C@H]3C[C@@H](F)CN3C(=O)C3(c4ccc(OC(F)F)cc4)CCC(F)(F)CC3)ccc2[nH]1.O=C(O)C1(c2ccc(OC(F)F)cc2)CCC(F)(F)CC1. The first-order valence-corrected chi connectivity index (χ1v) is 46.2. The number of aromatic amines is 3. The number of H-pyrrole nitrogens is 3. The highest BCUT2D eigenvalue weighted by Crippen LogP contribution is 2.51. The van der Waals surface area contributed by atoms with Crippen LogP contribution in [0.25, 0.3) is 33.1 Å². The van der Waals surface area contributed by atoms with Gasteiger partial charge < -0.3 is 89.9 Å².